The first-order valence-corrected chi connectivity index (χ1v) is 22.3. The van der Waals surface area contributed by atoms with Crippen LogP contribution in [0.4, 0.5) is 0 Å². The predicted molar refractivity (Wildman–Crippen MR) is 212 cm³/mol. The molecule has 4 bridgehead atoms. The maximum Gasteiger partial charge on any atom is 0.308 e. The van der Waals surface area contributed by atoms with E-state index >= 15 is 0 Å². The van der Waals surface area contributed by atoms with Gasteiger partial charge in [0.2, 0.25) is 0 Å². The molecule has 16 nitrogen and oxygen atoms in total. The summed E-state index contributed by atoms with van der Waals surface area (Å²) in [6.45, 7) is 8.99. The molecule has 7 rings (SSSR count). The van der Waals surface area contributed by atoms with E-state index in [9.17, 15) is 9.59 Å². The zero-order chi connectivity index (χ0) is 42.8. The van der Waals surface area contributed by atoms with Crippen molar-refractivity contribution in [3.8, 4) is 0 Å². The van der Waals surface area contributed by atoms with E-state index < -0.39 is 49.2 Å². The summed E-state index contributed by atoms with van der Waals surface area (Å²) in [6.07, 6.45) is -3.31. The summed E-state index contributed by atoms with van der Waals surface area (Å²) in [5.41, 5.74) is 0. The van der Waals surface area contributed by atoms with E-state index in [4.69, 9.17) is 66.3 Å². The summed E-state index contributed by atoms with van der Waals surface area (Å²) in [7, 11) is 9.70. The molecule has 5 aliphatic heterocycles. The molecule has 22 atom stereocenters. The van der Waals surface area contributed by atoms with Crippen molar-refractivity contribution in [2.45, 2.75) is 177 Å². The minimum atomic E-state index is -0.733. The first-order chi connectivity index (χ1) is 28.9. The van der Waals surface area contributed by atoms with Gasteiger partial charge < -0.3 is 66.3 Å². The number of ether oxygens (including phenoxy) is 14. The van der Waals surface area contributed by atoms with E-state index in [0.29, 0.717) is 37.5 Å². The molecule has 7 fully saturated rings. The Morgan fingerprint density at radius 2 is 0.817 bits per heavy atom. The van der Waals surface area contributed by atoms with Gasteiger partial charge in [-0.2, -0.15) is 0 Å². The summed E-state index contributed by atoms with van der Waals surface area (Å²) < 4.78 is 86.9. The fourth-order valence-corrected chi connectivity index (χ4v) is 10.6. The van der Waals surface area contributed by atoms with Gasteiger partial charge in [-0.1, -0.05) is 27.7 Å². The fraction of sp³-hybridized carbons (Fsp3) is 0.955. The van der Waals surface area contributed by atoms with E-state index in [-0.39, 0.29) is 110 Å². The number of carbonyl (C=O) groups excluding carboxylic acids is 2. The molecule has 0 unspecified atom stereocenters. The first-order valence-electron chi connectivity index (χ1n) is 22.3. The van der Waals surface area contributed by atoms with Gasteiger partial charge in [0.15, 0.2) is 12.6 Å². The lowest BCUT2D eigenvalue weighted by Crippen LogP contribution is -2.58. The topological polar surface area (TPSA) is 163 Å². The van der Waals surface area contributed by atoms with Crippen LogP contribution in [0.5, 0.6) is 0 Å². The van der Waals surface area contributed by atoms with Crippen LogP contribution in [0.2, 0.25) is 0 Å². The molecule has 5 heterocycles. The third-order valence-electron chi connectivity index (χ3n) is 14.7. The van der Waals surface area contributed by atoms with Gasteiger partial charge in [-0.05, 0) is 36.5 Å². The maximum absolute atomic E-state index is 14.1. The van der Waals surface area contributed by atoms with Crippen molar-refractivity contribution in [3.63, 3.8) is 0 Å². The summed E-state index contributed by atoms with van der Waals surface area (Å²) in [6, 6.07) is 0. The lowest BCUT2D eigenvalue weighted by atomic mass is 9.85. The SMILES string of the molecule is CO[C@@H]1[C@@H](OC)[C@H](O[C@H]2C[C@@H]3C[C@@H]([C@@H]4C[C@H]4C)OC(=O)C[C@@H]4O[C@H](C[C@H](O[C@@H]5OC[C@@H](OC)[C@H](OC)[C@H]5OC)[C@H]4C)C[C@@H]([C@@H]4C[C@H]4C)OC(=O)C[C@H](O3)[C@@H]2C)OC[C@H]1OC. The van der Waals surface area contributed by atoms with Crippen LogP contribution in [0.25, 0.3) is 0 Å². The second-order valence-corrected chi connectivity index (χ2v) is 18.6. The van der Waals surface area contributed by atoms with Crippen molar-refractivity contribution in [3.05, 3.63) is 0 Å². The van der Waals surface area contributed by atoms with Crippen LogP contribution >= 0.6 is 0 Å². The summed E-state index contributed by atoms with van der Waals surface area (Å²) in [4.78, 5) is 28.2. The van der Waals surface area contributed by atoms with E-state index in [0.717, 1.165) is 12.8 Å². The number of fused-ring (bicyclic) bond motifs is 4. The van der Waals surface area contributed by atoms with Crippen LogP contribution in [0.3, 0.4) is 0 Å². The van der Waals surface area contributed by atoms with E-state index in [1.165, 1.54) is 0 Å². The van der Waals surface area contributed by atoms with Gasteiger partial charge in [0, 0.05) is 80.2 Å². The Kier molecular flexibility index (Phi) is 15.9. The molecule has 16 heteroatoms. The summed E-state index contributed by atoms with van der Waals surface area (Å²) in [5.74, 6) is 0.143. The van der Waals surface area contributed by atoms with Gasteiger partial charge in [-0.15, -0.1) is 0 Å². The van der Waals surface area contributed by atoms with Gasteiger partial charge in [-0.25, -0.2) is 0 Å². The van der Waals surface area contributed by atoms with Crippen LogP contribution in [0, 0.1) is 35.5 Å². The van der Waals surface area contributed by atoms with E-state index in [2.05, 4.69) is 13.8 Å². The molecule has 0 N–H and O–H groups in total. The van der Waals surface area contributed by atoms with Crippen LogP contribution in [-0.4, -0.2) is 166 Å². The zero-order valence-corrected chi connectivity index (χ0v) is 37.3. The van der Waals surface area contributed by atoms with Crippen LogP contribution in [0.15, 0.2) is 0 Å². The third-order valence-corrected chi connectivity index (χ3v) is 14.7. The number of esters is 2. The van der Waals surface area contributed by atoms with Crippen LogP contribution in [0.1, 0.15) is 79.1 Å². The van der Waals surface area contributed by atoms with Crippen molar-refractivity contribution < 1.29 is 75.9 Å². The Bertz CT molecular complexity index is 1300. The molecule has 344 valence electrons. The van der Waals surface area contributed by atoms with Gasteiger partial charge in [-0.3, -0.25) is 9.59 Å². The Morgan fingerprint density at radius 1 is 0.450 bits per heavy atom. The quantitative estimate of drug-likeness (QED) is 0.260. The largest absolute Gasteiger partial charge is 0.462 e. The molecule has 60 heavy (non-hydrogen) atoms. The third kappa shape index (κ3) is 10.5. The molecular formula is C44H72O16. The Labute approximate surface area is 355 Å². The molecule has 0 aromatic rings. The lowest BCUT2D eigenvalue weighted by Gasteiger charge is -2.46. The lowest BCUT2D eigenvalue weighted by molar-refractivity contribution is -0.309. The summed E-state index contributed by atoms with van der Waals surface area (Å²) >= 11 is 0. The molecule has 2 aliphatic carbocycles. The molecule has 0 radical (unpaired) electrons. The first kappa shape index (κ1) is 46.5. The van der Waals surface area contributed by atoms with E-state index in [1.54, 1.807) is 42.7 Å². The molecule has 0 aromatic carbocycles. The minimum Gasteiger partial charge on any atom is -0.462 e. The highest BCUT2D eigenvalue weighted by atomic mass is 16.7. The second kappa shape index (κ2) is 20.5. The number of carbonyl (C=O) groups is 2. The Morgan fingerprint density at radius 3 is 1.13 bits per heavy atom. The van der Waals surface area contributed by atoms with Gasteiger partial charge in [0.25, 0.3) is 0 Å². The molecular weight excluding hydrogens is 784 g/mol. The number of rotatable bonds is 12. The number of hydrogen-bond donors (Lipinski definition) is 0. The second-order valence-electron chi connectivity index (χ2n) is 18.6. The monoisotopic (exact) mass is 856 g/mol. The summed E-state index contributed by atoms with van der Waals surface area (Å²) in [5, 5.41) is 0. The van der Waals surface area contributed by atoms with Crippen molar-refractivity contribution in [2.24, 2.45) is 35.5 Å². The van der Waals surface area contributed by atoms with E-state index in [1.807, 2.05) is 13.8 Å². The number of methoxy groups -OCH3 is 6. The van der Waals surface area contributed by atoms with Crippen molar-refractivity contribution >= 4 is 11.9 Å². The van der Waals surface area contributed by atoms with Crippen LogP contribution in [-0.2, 0) is 75.9 Å². The normalized spacial score (nSPS) is 49.1. The van der Waals surface area contributed by atoms with Crippen molar-refractivity contribution in [1.29, 1.82) is 0 Å². The van der Waals surface area contributed by atoms with Gasteiger partial charge in [0.05, 0.1) is 62.7 Å². The fourth-order valence-electron chi connectivity index (χ4n) is 10.6. The van der Waals surface area contributed by atoms with Gasteiger partial charge in [0.1, 0.15) is 48.8 Å². The highest BCUT2D eigenvalue weighted by Crippen LogP contribution is 2.47. The van der Waals surface area contributed by atoms with Crippen LogP contribution < -0.4 is 0 Å². The number of cyclic esters (lactones) is 2. The maximum atomic E-state index is 14.1. The van der Waals surface area contributed by atoms with Gasteiger partial charge >= 0.3 is 11.9 Å². The minimum absolute atomic E-state index is 0.0442. The average Bonchev–Trinajstić information content (AvgIpc) is 4.16. The molecule has 2 saturated carbocycles. The molecule has 0 amide bonds. The highest BCUT2D eigenvalue weighted by Gasteiger charge is 2.52. The smallest absolute Gasteiger partial charge is 0.308 e. The van der Waals surface area contributed by atoms with Crippen molar-refractivity contribution in [1.82, 2.24) is 0 Å². The Balaban J connectivity index is 1.13. The highest BCUT2D eigenvalue weighted by molar-refractivity contribution is 5.71. The zero-order valence-electron chi connectivity index (χ0n) is 37.3. The number of hydrogen-bond acceptors (Lipinski definition) is 16. The molecule has 0 aromatic heterocycles. The molecule has 7 aliphatic rings. The molecule has 5 saturated heterocycles. The van der Waals surface area contributed by atoms with Crippen molar-refractivity contribution in [2.75, 3.05) is 55.9 Å². The standard InChI is InChI=1S/C44H72O16/c1-21-11-27(21)33-15-25-13-29(59-43-41(51-9)39(49-7)35(47-5)19-53-43)23(3)32(55-25)18-38(46)58-34(28-12-22(28)2)16-26-14-30(24(4)31(56-26)17-37(45)57-33)60-44-42(52-10)40(50-8)36(48-6)20-54-44/h21-36,39-44H,11-20H2,1-10H3/t21-,22-,23-,24-,25-,26-,27-,28-,29+,30+,31+,32+,33+,34+,35-,36-,39+,40+,41-,42-,43+,44+/m1/s1. The predicted octanol–water partition coefficient (Wildman–Crippen LogP) is 3.86. The average molecular weight is 857 g/mol. The molecule has 0 spiro atoms. The Hall–Kier alpha value is -1.54.